The van der Waals surface area contributed by atoms with Gasteiger partial charge in [-0.05, 0) is 19.8 Å². The molecule has 0 spiro atoms. The van der Waals surface area contributed by atoms with Gasteiger partial charge in [-0.15, -0.1) is 18.9 Å². The van der Waals surface area contributed by atoms with Gasteiger partial charge in [-0.25, -0.2) is 4.99 Å². The molecule has 94 valence electrons. The van der Waals surface area contributed by atoms with E-state index in [0.29, 0.717) is 18.9 Å². The fraction of sp³-hybridized carbons (Fsp3) is 0.438. The van der Waals surface area contributed by atoms with E-state index in [0.717, 1.165) is 11.5 Å². The van der Waals surface area contributed by atoms with E-state index in [2.05, 4.69) is 43.5 Å². The summed E-state index contributed by atoms with van der Waals surface area (Å²) in [4.78, 5) is 4.63. The average Bonchev–Trinajstić information content (AvgIpc) is 2.70. The van der Waals surface area contributed by atoms with Crippen LogP contribution in [0.5, 0.6) is 0 Å². The Morgan fingerprint density at radius 2 is 2.44 bits per heavy atom. The molecule has 0 bridgehead atoms. The molecule has 2 heteroatoms. The van der Waals surface area contributed by atoms with Gasteiger partial charge in [0.05, 0.1) is 5.54 Å². The minimum Gasteiger partial charge on any atom is -0.475 e. The van der Waals surface area contributed by atoms with E-state index in [4.69, 9.17) is 11.2 Å². The third-order valence-electron chi connectivity index (χ3n) is 3.28. The summed E-state index contributed by atoms with van der Waals surface area (Å²) in [7, 11) is 0. The summed E-state index contributed by atoms with van der Waals surface area (Å²) in [5.41, 5.74) is 0.961. The minimum atomic E-state index is -0.134. The van der Waals surface area contributed by atoms with Gasteiger partial charge in [0.25, 0.3) is 0 Å². The van der Waals surface area contributed by atoms with Gasteiger partial charge in [-0.1, -0.05) is 24.3 Å². The zero-order valence-corrected chi connectivity index (χ0v) is 11.0. The van der Waals surface area contributed by atoms with Gasteiger partial charge < -0.3 is 4.74 Å². The molecule has 0 saturated heterocycles. The molecule has 2 aliphatic rings. The Balaban J connectivity index is 2.28. The molecule has 1 aliphatic carbocycles. The van der Waals surface area contributed by atoms with Crippen molar-refractivity contribution in [2.45, 2.75) is 25.8 Å². The van der Waals surface area contributed by atoms with Crippen LogP contribution in [-0.2, 0) is 4.74 Å². The first-order chi connectivity index (χ1) is 8.57. The van der Waals surface area contributed by atoms with Crippen molar-refractivity contribution in [3.8, 4) is 12.3 Å². The van der Waals surface area contributed by atoms with Gasteiger partial charge in [0.2, 0.25) is 5.90 Å². The largest absolute Gasteiger partial charge is 0.475 e. The second-order valence-electron chi connectivity index (χ2n) is 5.36. The summed E-state index contributed by atoms with van der Waals surface area (Å²) in [6.45, 7) is 8.69. The molecule has 2 nitrogen and oxygen atoms in total. The van der Waals surface area contributed by atoms with E-state index in [1.807, 2.05) is 12.2 Å². The van der Waals surface area contributed by atoms with E-state index in [1.165, 1.54) is 0 Å². The average molecular weight is 241 g/mol. The monoisotopic (exact) mass is 241 g/mol. The van der Waals surface area contributed by atoms with Gasteiger partial charge in [-0.2, -0.15) is 0 Å². The summed E-state index contributed by atoms with van der Waals surface area (Å²) in [5, 5.41) is 0. The van der Waals surface area contributed by atoms with Crippen LogP contribution in [-0.4, -0.2) is 18.0 Å². The summed E-state index contributed by atoms with van der Waals surface area (Å²) < 4.78 is 5.71. The van der Waals surface area contributed by atoms with Gasteiger partial charge in [0, 0.05) is 17.9 Å². The molecule has 18 heavy (non-hydrogen) atoms. The summed E-state index contributed by atoms with van der Waals surface area (Å²) in [6, 6.07) is 0. The SMILES string of the molecule is C#CC[C@H]1C=CC=C(C2=NC(C)(C)CO2)[C@@H]1C=C. The van der Waals surface area contributed by atoms with Crippen molar-refractivity contribution >= 4 is 5.90 Å². The standard InChI is InChI=1S/C16H19NO/c1-5-8-12-9-7-10-14(13(12)6-2)15-17-16(3,4)11-18-15/h1,6-7,9-10,12-13H,2,8,11H2,3-4H3/t12-,13+/m0/s1. The van der Waals surface area contributed by atoms with Crippen LogP contribution in [0.4, 0.5) is 0 Å². The Labute approximate surface area is 109 Å². The maximum absolute atomic E-state index is 5.71. The van der Waals surface area contributed by atoms with Crippen molar-refractivity contribution in [3.63, 3.8) is 0 Å². The molecule has 0 aromatic rings. The van der Waals surface area contributed by atoms with Crippen LogP contribution in [0.15, 0.2) is 41.4 Å². The topological polar surface area (TPSA) is 21.6 Å². The molecule has 0 aromatic carbocycles. The third kappa shape index (κ3) is 2.41. The fourth-order valence-corrected chi connectivity index (χ4v) is 2.34. The first kappa shape index (κ1) is 12.7. The predicted molar refractivity (Wildman–Crippen MR) is 75.3 cm³/mol. The van der Waals surface area contributed by atoms with Crippen LogP contribution < -0.4 is 0 Å². The van der Waals surface area contributed by atoms with Crippen molar-refractivity contribution in [1.82, 2.24) is 0 Å². The number of rotatable bonds is 3. The lowest BCUT2D eigenvalue weighted by atomic mass is 9.80. The van der Waals surface area contributed by atoms with Crippen LogP contribution in [0.2, 0.25) is 0 Å². The van der Waals surface area contributed by atoms with E-state index >= 15 is 0 Å². The number of hydrogen-bond donors (Lipinski definition) is 0. The molecule has 0 unspecified atom stereocenters. The van der Waals surface area contributed by atoms with Crippen LogP contribution in [0.25, 0.3) is 0 Å². The molecule has 2 atom stereocenters. The highest BCUT2D eigenvalue weighted by Crippen LogP contribution is 2.33. The number of terminal acetylenes is 1. The van der Waals surface area contributed by atoms with Crippen molar-refractivity contribution in [2.24, 2.45) is 16.8 Å². The smallest absolute Gasteiger partial charge is 0.213 e. The fourth-order valence-electron chi connectivity index (χ4n) is 2.34. The van der Waals surface area contributed by atoms with Crippen molar-refractivity contribution in [1.29, 1.82) is 0 Å². The second kappa shape index (κ2) is 4.86. The molecule has 0 fully saturated rings. The van der Waals surface area contributed by atoms with Crippen molar-refractivity contribution in [3.05, 3.63) is 36.5 Å². The zero-order chi connectivity index (χ0) is 13.2. The number of hydrogen-bond acceptors (Lipinski definition) is 2. The quantitative estimate of drug-likeness (QED) is 0.549. The Kier molecular flexibility index (Phi) is 3.43. The Bertz CT molecular complexity index is 474. The first-order valence-corrected chi connectivity index (χ1v) is 6.25. The third-order valence-corrected chi connectivity index (χ3v) is 3.28. The minimum absolute atomic E-state index is 0.134. The normalized spacial score (nSPS) is 28.9. The van der Waals surface area contributed by atoms with Crippen molar-refractivity contribution in [2.75, 3.05) is 6.61 Å². The lowest BCUT2D eigenvalue weighted by molar-refractivity contribution is 0.277. The van der Waals surface area contributed by atoms with E-state index in [-0.39, 0.29) is 11.5 Å². The Morgan fingerprint density at radius 3 is 3.00 bits per heavy atom. The van der Waals surface area contributed by atoms with E-state index in [9.17, 15) is 0 Å². The highest BCUT2D eigenvalue weighted by atomic mass is 16.5. The zero-order valence-electron chi connectivity index (χ0n) is 11.0. The van der Waals surface area contributed by atoms with Crippen LogP contribution in [0.3, 0.4) is 0 Å². The van der Waals surface area contributed by atoms with Gasteiger partial charge in [0.15, 0.2) is 0 Å². The summed E-state index contributed by atoms with van der Waals surface area (Å²) in [6.07, 6.45) is 14.3. The number of allylic oxidation sites excluding steroid dienone is 4. The van der Waals surface area contributed by atoms with Gasteiger partial charge in [-0.3, -0.25) is 0 Å². The Morgan fingerprint density at radius 1 is 1.67 bits per heavy atom. The van der Waals surface area contributed by atoms with Crippen LogP contribution >= 0.6 is 0 Å². The highest BCUT2D eigenvalue weighted by molar-refractivity contribution is 5.96. The van der Waals surface area contributed by atoms with Crippen LogP contribution in [0, 0.1) is 24.2 Å². The molecule has 0 radical (unpaired) electrons. The van der Waals surface area contributed by atoms with Crippen LogP contribution in [0.1, 0.15) is 20.3 Å². The van der Waals surface area contributed by atoms with E-state index < -0.39 is 0 Å². The maximum atomic E-state index is 5.71. The van der Waals surface area contributed by atoms with Gasteiger partial charge in [0.1, 0.15) is 6.61 Å². The molecule has 2 rings (SSSR count). The van der Waals surface area contributed by atoms with Gasteiger partial charge >= 0.3 is 0 Å². The maximum Gasteiger partial charge on any atom is 0.213 e. The number of ether oxygens (including phenoxy) is 1. The molecular formula is C16H19NO. The second-order valence-corrected chi connectivity index (χ2v) is 5.36. The predicted octanol–water partition coefficient (Wildman–Crippen LogP) is 3.13. The lowest BCUT2D eigenvalue weighted by Crippen LogP contribution is -2.21. The lowest BCUT2D eigenvalue weighted by Gasteiger charge is -2.25. The molecule has 1 aliphatic heterocycles. The molecular weight excluding hydrogens is 222 g/mol. The molecule has 0 N–H and O–H groups in total. The number of aliphatic imine (C=N–C) groups is 1. The molecule has 0 aromatic heterocycles. The highest BCUT2D eigenvalue weighted by Gasteiger charge is 2.33. The van der Waals surface area contributed by atoms with E-state index in [1.54, 1.807) is 0 Å². The summed E-state index contributed by atoms with van der Waals surface area (Å²) >= 11 is 0. The molecule has 0 saturated carbocycles. The Hall–Kier alpha value is -1.75. The molecule has 1 heterocycles. The number of nitrogens with zero attached hydrogens (tertiary/aromatic N) is 1. The first-order valence-electron chi connectivity index (χ1n) is 6.25. The molecule has 0 amide bonds. The summed E-state index contributed by atoms with van der Waals surface area (Å²) in [5.74, 6) is 3.96. The van der Waals surface area contributed by atoms with Crippen molar-refractivity contribution < 1.29 is 4.74 Å².